The van der Waals surface area contributed by atoms with Crippen molar-refractivity contribution in [1.82, 2.24) is 0 Å². The zero-order valence-corrected chi connectivity index (χ0v) is 20.7. The molecule has 172 valence electrons. The third-order valence-corrected chi connectivity index (χ3v) is 7.27. The first-order valence-corrected chi connectivity index (χ1v) is 11.7. The lowest BCUT2D eigenvalue weighted by Gasteiger charge is -2.33. The predicted molar refractivity (Wildman–Crippen MR) is 126 cm³/mol. The van der Waals surface area contributed by atoms with Crippen molar-refractivity contribution in [3.8, 4) is 5.75 Å². The average Bonchev–Trinajstić information content (AvgIpc) is 3.08. The first-order chi connectivity index (χ1) is 15.0. The molecule has 1 aromatic carbocycles. The van der Waals surface area contributed by atoms with Crippen molar-refractivity contribution in [2.45, 2.75) is 40.0 Å². The third-order valence-electron chi connectivity index (χ3n) is 5.61. The fourth-order valence-corrected chi connectivity index (χ4v) is 5.47. The molecule has 3 rings (SSSR count). The number of halogens is 1. The molecule has 0 unspecified atom stereocenters. The smallest absolute Gasteiger partial charge is 0.341 e. The highest BCUT2D eigenvalue weighted by Crippen LogP contribution is 2.44. The number of thiophene rings is 1. The van der Waals surface area contributed by atoms with Gasteiger partial charge in [0, 0.05) is 15.4 Å². The number of carbonyl (C=O) groups excluding carboxylic acids is 2. The number of methoxy groups -OCH3 is 1. The van der Waals surface area contributed by atoms with Crippen LogP contribution in [0.15, 0.2) is 22.7 Å². The van der Waals surface area contributed by atoms with E-state index in [-0.39, 0.29) is 16.9 Å². The Morgan fingerprint density at radius 3 is 2.69 bits per heavy atom. The van der Waals surface area contributed by atoms with Gasteiger partial charge in [-0.15, -0.1) is 11.3 Å². The lowest BCUT2D eigenvalue weighted by atomic mass is 9.72. The topological polar surface area (TPSA) is 108 Å². The van der Waals surface area contributed by atoms with Crippen molar-refractivity contribution >= 4 is 49.8 Å². The minimum Gasteiger partial charge on any atom is -0.477 e. The number of rotatable bonds is 6. The van der Waals surface area contributed by atoms with E-state index in [1.54, 1.807) is 6.07 Å². The van der Waals surface area contributed by atoms with E-state index in [0.717, 1.165) is 29.7 Å². The van der Waals surface area contributed by atoms with Crippen molar-refractivity contribution in [2.75, 3.05) is 19.0 Å². The second-order valence-electron chi connectivity index (χ2n) is 8.71. The quantitative estimate of drug-likeness (QED) is 0.309. The van der Waals surface area contributed by atoms with Gasteiger partial charge in [-0.1, -0.05) is 36.7 Å². The molecule has 0 spiro atoms. The number of benzene rings is 1. The normalized spacial score (nSPS) is 15.6. The van der Waals surface area contributed by atoms with Crippen LogP contribution in [0, 0.1) is 21.4 Å². The summed E-state index contributed by atoms with van der Waals surface area (Å²) >= 11 is 4.56. The second-order valence-corrected chi connectivity index (χ2v) is 10.7. The van der Waals surface area contributed by atoms with E-state index in [1.165, 1.54) is 30.6 Å². The molecule has 1 N–H and O–H groups in total. The van der Waals surface area contributed by atoms with E-state index < -0.39 is 23.4 Å². The Labute approximate surface area is 198 Å². The maximum Gasteiger partial charge on any atom is 0.341 e. The predicted octanol–water partition coefficient (Wildman–Crippen LogP) is 5.37. The minimum atomic E-state index is -0.577. The molecule has 1 heterocycles. The van der Waals surface area contributed by atoms with Crippen LogP contribution in [0.2, 0.25) is 0 Å². The number of nitro benzene ring substituents is 1. The molecule has 0 bridgehead atoms. The molecule has 0 radical (unpaired) electrons. The first kappa shape index (κ1) is 24.2. The number of anilines is 1. The van der Waals surface area contributed by atoms with Crippen molar-refractivity contribution in [2.24, 2.45) is 11.3 Å². The molecule has 1 aliphatic rings. The highest BCUT2D eigenvalue weighted by Gasteiger charge is 2.34. The Hall–Kier alpha value is -2.46. The molecule has 0 saturated heterocycles. The van der Waals surface area contributed by atoms with E-state index in [4.69, 9.17) is 9.47 Å². The number of nitrogens with zero attached hydrogens (tertiary/aromatic N) is 1. The van der Waals surface area contributed by atoms with Gasteiger partial charge in [-0.2, -0.15) is 0 Å². The average molecular weight is 525 g/mol. The van der Waals surface area contributed by atoms with Gasteiger partial charge < -0.3 is 14.8 Å². The number of carbonyl (C=O) groups is 2. The number of fused-ring (bicyclic) bond motifs is 1. The lowest BCUT2D eigenvalue weighted by molar-refractivity contribution is -0.385. The summed E-state index contributed by atoms with van der Waals surface area (Å²) in [6.45, 7) is 6.19. The number of amides is 1. The summed E-state index contributed by atoms with van der Waals surface area (Å²) in [5.74, 6) is -0.543. The molecule has 0 aliphatic heterocycles. The maximum absolute atomic E-state index is 12.6. The van der Waals surface area contributed by atoms with Crippen LogP contribution in [-0.2, 0) is 22.4 Å². The Morgan fingerprint density at radius 2 is 2.06 bits per heavy atom. The number of nitrogens with one attached hydrogen (secondary N) is 1. The zero-order valence-electron chi connectivity index (χ0n) is 18.3. The van der Waals surface area contributed by atoms with Gasteiger partial charge in [0.1, 0.15) is 5.00 Å². The minimum absolute atomic E-state index is 0.0139. The van der Waals surface area contributed by atoms with Gasteiger partial charge in [0.05, 0.1) is 17.6 Å². The second kappa shape index (κ2) is 9.58. The summed E-state index contributed by atoms with van der Waals surface area (Å²) in [4.78, 5) is 36.8. The maximum atomic E-state index is 12.6. The first-order valence-electron chi connectivity index (χ1n) is 10.1. The summed E-state index contributed by atoms with van der Waals surface area (Å²) in [6.07, 6.45) is 2.54. The summed E-state index contributed by atoms with van der Waals surface area (Å²) in [7, 11) is 1.31. The van der Waals surface area contributed by atoms with Crippen LogP contribution in [0.5, 0.6) is 5.75 Å². The summed E-state index contributed by atoms with van der Waals surface area (Å²) in [5.41, 5.74) is 1.22. The molecular weight excluding hydrogens is 500 g/mol. The number of hydrogen-bond donors (Lipinski definition) is 1. The molecule has 8 nitrogen and oxygen atoms in total. The molecule has 1 aliphatic carbocycles. The summed E-state index contributed by atoms with van der Waals surface area (Å²) in [6, 6.07) is 4.32. The highest BCUT2D eigenvalue weighted by atomic mass is 79.9. The van der Waals surface area contributed by atoms with Crippen molar-refractivity contribution < 1.29 is 24.0 Å². The standard InChI is InChI=1S/C22H25BrN2O6S/c1-22(2,3)12-5-7-14-17(9-12)32-20(19(14)21(27)30-4)24-18(26)11-31-16-8-6-13(23)10-15(16)25(28)29/h6,8,10,12H,5,7,9,11H2,1-4H3,(H,24,26)/t12-/m0/s1. The highest BCUT2D eigenvalue weighted by molar-refractivity contribution is 9.10. The van der Waals surface area contributed by atoms with Crippen molar-refractivity contribution in [1.29, 1.82) is 0 Å². The Balaban J connectivity index is 1.79. The number of esters is 1. The van der Waals surface area contributed by atoms with Gasteiger partial charge >= 0.3 is 11.7 Å². The Kier molecular flexibility index (Phi) is 7.24. The van der Waals surface area contributed by atoms with Crippen LogP contribution in [0.1, 0.15) is 48.0 Å². The molecule has 2 aromatic rings. The molecule has 32 heavy (non-hydrogen) atoms. The molecular formula is C22H25BrN2O6S. The van der Waals surface area contributed by atoms with E-state index in [2.05, 4.69) is 42.0 Å². The van der Waals surface area contributed by atoms with Crippen LogP contribution in [0.25, 0.3) is 0 Å². The largest absolute Gasteiger partial charge is 0.477 e. The van der Waals surface area contributed by atoms with Crippen molar-refractivity contribution in [3.63, 3.8) is 0 Å². The van der Waals surface area contributed by atoms with Crippen LogP contribution >= 0.6 is 27.3 Å². The van der Waals surface area contributed by atoms with E-state index in [1.807, 2.05) is 0 Å². The molecule has 1 atom stereocenters. The summed E-state index contributed by atoms with van der Waals surface area (Å²) in [5, 5.41) is 14.4. The van der Waals surface area contributed by atoms with Crippen molar-refractivity contribution in [3.05, 3.63) is 48.8 Å². The van der Waals surface area contributed by atoms with Crippen LogP contribution in [0.3, 0.4) is 0 Å². The van der Waals surface area contributed by atoms with E-state index in [9.17, 15) is 19.7 Å². The summed E-state index contributed by atoms with van der Waals surface area (Å²) < 4.78 is 10.9. The Morgan fingerprint density at radius 1 is 1.34 bits per heavy atom. The molecule has 1 amide bonds. The van der Waals surface area contributed by atoms with Gasteiger partial charge in [-0.25, -0.2) is 4.79 Å². The molecule has 0 fully saturated rings. The van der Waals surface area contributed by atoms with E-state index in [0.29, 0.717) is 21.0 Å². The molecule has 0 saturated carbocycles. The lowest BCUT2D eigenvalue weighted by Crippen LogP contribution is -2.26. The van der Waals surface area contributed by atoms with E-state index >= 15 is 0 Å². The number of nitro groups is 1. The van der Waals surface area contributed by atoms with Gasteiger partial charge in [-0.3, -0.25) is 14.9 Å². The zero-order chi connectivity index (χ0) is 23.6. The number of hydrogen-bond acceptors (Lipinski definition) is 7. The van der Waals surface area contributed by atoms with Gasteiger partial charge in [0.25, 0.3) is 5.91 Å². The monoisotopic (exact) mass is 524 g/mol. The fraction of sp³-hybridized carbons (Fsp3) is 0.455. The Bertz CT molecular complexity index is 1060. The molecule has 1 aromatic heterocycles. The van der Waals surface area contributed by atoms with Crippen LogP contribution in [-0.4, -0.2) is 30.5 Å². The van der Waals surface area contributed by atoms with Crippen LogP contribution < -0.4 is 10.1 Å². The number of ether oxygens (including phenoxy) is 2. The SMILES string of the molecule is COC(=O)c1c(NC(=O)COc2ccc(Br)cc2[N+](=O)[O-])sc2c1CC[C@H](C(C)(C)C)C2. The van der Waals surface area contributed by atoms with Gasteiger partial charge in [0.15, 0.2) is 12.4 Å². The third kappa shape index (κ3) is 5.29. The van der Waals surface area contributed by atoms with Crippen LogP contribution in [0.4, 0.5) is 10.7 Å². The molecule has 10 heteroatoms. The van der Waals surface area contributed by atoms with Gasteiger partial charge in [0.2, 0.25) is 0 Å². The fourth-order valence-electron chi connectivity index (χ4n) is 3.79. The van der Waals surface area contributed by atoms with Gasteiger partial charge in [-0.05, 0) is 48.3 Å².